The van der Waals surface area contributed by atoms with Gasteiger partial charge in [-0.15, -0.1) is 5.76 Å². The van der Waals surface area contributed by atoms with Crippen LogP contribution in [0.4, 0.5) is 0 Å². The number of carbonyl (C=O) groups is 1. The number of phenolic OH excluding ortho intramolecular Hbond substituents is 2. The van der Waals surface area contributed by atoms with Crippen LogP contribution in [0.5, 0.6) is 17.2 Å². The molecule has 56 heavy (non-hydrogen) atoms. The molecule has 0 amide bonds. The molecule has 9 nitrogen and oxygen atoms in total. The molecule has 292 valence electrons. The Kier molecular flexibility index (Phi) is 12.1. The van der Waals surface area contributed by atoms with Crippen LogP contribution in [0, 0.1) is 17.3 Å². The highest BCUT2D eigenvalue weighted by atomic mass is 16.5. The van der Waals surface area contributed by atoms with E-state index in [0.29, 0.717) is 54.7 Å². The number of nitrogens with zero attached hydrogens (tertiary/aromatic N) is 1. The quantitative estimate of drug-likeness (QED) is 0.0982. The van der Waals surface area contributed by atoms with Gasteiger partial charge in [-0.2, -0.15) is 0 Å². The molecule has 2 aliphatic heterocycles. The lowest BCUT2D eigenvalue weighted by molar-refractivity contribution is -0.307. The van der Waals surface area contributed by atoms with Crippen LogP contribution in [0.3, 0.4) is 0 Å². The number of benzene rings is 3. The topological polar surface area (TPSA) is 160 Å². The third-order valence-electron chi connectivity index (χ3n) is 11.8. The number of aliphatic imine (C=N–C) groups is 1. The van der Waals surface area contributed by atoms with E-state index in [1.165, 1.54) is 0 Å². The van der Waals surface area contributed by atoms with E-state index in [2.05, 4.69) is 35.1 Å². The molecule has 9 heteroatoms. The first-order valence-corrected chi connectivity index (χ1v) is 20.1. The smallest absolute Gasteiger partial charge is 0.161 e. The lowest BCUT2D eigenvalue weighted by atomic mass is 9.80. The number of hydrogen-bond acceptors (Lipinski definition) is 9. The predicted molar refractivity (Wildman–Crippen MR) is 216 cm³/mol. The summed E-state index contributed by atoms with van der Waals surface area (Å²) >= 11 is 0. The van der Waals surface area contributed by atoms with Crippen molar-refractivity contribution in [3.05, 3.63) is 123 Å². The zero-order chi connectivity index (χ0) is 39.2. The standard InChI is InChI=1S/C47H53N3O6/c1-2-3-18-47(20-14-35(52)29-47)19-13-34(51)10-7-30-9-12-43(54)45(25-30)56-23-17-31-8-11-42(53)40(24-31)39-28-44(55)36-16-22-49-41(36)6-4-5-32-27-38-33(26-37(32)39)15-21-50-46(38)48/h8-9,11-13,16,19,22,24-27,35,39,46,50,52-55H,2-3,6-7,10,14-15,17-18,20-21,23,28-29,48H2,1H3/p-1. The first-order chi connectivity index (χ1) is 27.1. The van der Waals surface area contributed by atoms with Crippen LogP contribution in [0.2, 0.25) is 0 Å². The molecule has 2 heterocycles. The maximum Gasteiger partial charge on any atom is 0.161 e. The lowest BCUT2D eigenvalue weighted by Gasteiger charge is -2.30. The molecule has 4 atom stereocenters. The molecule has 4 unspecified atom stereocenters. The van der Waals surface area contributed by atoms with Gasteiger partial charge in [0.1, 0.15) is 5.75 Å². The van der Waals surface area contributed by atoms with Crippen molar-refractivity contribution in [2.45, 2.75) is 102 Å². The number of ketones is 1. The summed E-state index contributed by atoms with van der Waals surface area (Å²) in [6, 6.07) is 14.8. The number of nitrogens with two attached hydrogens (primary N) is 1. The van der Waals surface area contributed by atoms with Crippen molar-refractivity contribution in [1.29, 1.82) is 0 Å². The first-order valence-electron chi connectivity index (χ1n) is 20.1. The predicted octanol–water partition coefficient (Wildman–Crippen LogP) is 6.46. The number of ether oxygens (including phenoxy) is 1. The number of aliphatic hydroxyl groups is 1. The number of carbonyl (C=O) groups excluding carboxylic acids is 1. The summed E-state index contributed by atoms with van der Waals surface area (Å²) in [6.07, 6.45) is 14.7. The lowest BCUT2D eigenvalue weighted by Crippen LogP contribution is -2.35. The number of rotatable bonds is 13. The Hall–Kier alpha value is -5.14. The Morgan fingerprint density at radius 3 is 2.71 bits per heavy atom. The largest absolute Gasteiger partial charge is 0.875 e. The van der Waals surface area contributed by atoms with Crippen LogP contribution < -0.4 is 20.9 Å². The van der Waals surface area contributed by atoms with Gasteiger partial charge in [-0.1, -0.05) is 61.9 Å². The molecule has 7 rings (SSSR count). The fraction of sp³-hybridized carbons (Fsp3) is 0.404. The molecule has 0 spiro atoms. The van der Waals surface area contributed by atoms with Gasteiger partial charge in [0, 0.05) is 42.6 Å². The van der Waals surface area contributed by atoms with Crippen LogP contribution in [0.1, 0.15) is 116 Å². The maximum absolute atomic E-state index is 13.9. The minimum absolute atomic E-state index is 0.0152. The second-order valence-corrected chi connectivity index (χ2v) is 15.7. The van der Waals surface area contributed by atoms with Crippen LogP contribution >= 0.6 is 0 Å². The van der Waals surface area contributed by atoms with E-state index >= 15 is 0 Å². The number of hydrogen-bond donors (Lipinski definition) is 5. The number of aliphatic hydroxyl groups excluding tert-OH is 1. The third-order valence-corrected chi connectivity index (χ3v) is 11.8. The summed E-state index contributed by atoms with van der Waals surface area (Å²) in [6.45, 7) is 3.15. The van der Waals surface area contributed by atoms with Gasteiger partial charge in [-0.3, -0.25) is 15.1 Å². The van der Waals surface area contributed by atoms with E-state index in [1.54, 1.807) is 42.6 Å². The van der Waals surface area contributed by atoms with Gasteiger partial charge in [0.25, 0.3) is 0 Å². The SMILES string of the molecule is CCCCC1(C=CC(=O)CCc2ccc(O)c(OCCc3ccc(O)c(C4CC([O-])=C5C=CN=C5CC#Cc5cc6c(cc54)CCNC6N)c3)c2)CCC(O)C1. The average molecular weight is 755 g/mol. The van der Waals surface area contributed by atoms with E-state index in [4.69, 9.17) is 10.5 Å². The van der Waals surface area contributed by atoms with Gasteiger partial charge in [-0.05, 0) is 120 Å². The molecule has 1 fully saturated rings. The Balaban J connectivity index is 1.06. The van der Waals surface area contributed by atoms with Gasteiger partial charge in [0.05, 0.1) is 31.0 Å². The zero-order valence-electron chi connectivity index (χ0n) is 32.2. The number of allylic oxidation sites excluding steroid dienone is 5. The van der Waals surface area contributed by atoms with E-state index in [9.17, 15) is 25.2 Å². The van der Waals surface area contributed by atoms with Crippen molar-refractivity contribution in [2.75, 3.05) is 13.2 Å². The highest BCUT2D eigenvalue weighted by Crippen LogP contribution is 2.44. The summed E-state index contributed by atoms with van der Waals surface area (Å²) < 4.78 is 6.09. The van der Waals surface area contributed by atoms with Crippen molar-refractivity contribution < 1.29 is 30.0 Å². The fourth-order valence-electron chi connectivity index (χ4n) is 8.61. The van der Waals surface area contributed by atoms with Crippen LogP contribution in [0.25, 0.3) is 0 Å². The molecule has 0 bridgehead atoms. The minimum Gasteiger partial charge on any atom is -0.875 e. The second-order valence-electron chi connectivity index (χ2n) is 15.7. The summed E-state index contributed by atoms with van der Waals surface area (Å²) in [5.74, 6) is 6.53. The molecule has 0 aromatic heterocycles. The van der Waals surface area contributed by atoms with Crippen molar-refractivity contribution in [3.8, 4) is 29.1 Å². The van der Waals surface area contributed by atoms with Gasteiger partial charge >= 0.3 is 0 Å². The van der Waals surface area contributed by atoms with Gasteiger partial charge < -0.3 is 30.9 Å². The molecule has 3 aromatic carbocycles. The van der Waals surface area contributed by atoms with Gasteiger partial charge in [-0.25, -0.2) is 0 Å². The molecule has 0 radical (unpaired) electrons. The van der Waals surface area contributed by atoms with E-state index < -0.39 is 5.92 Å². The summed E-state index contributed by atoms with van der Waals surface area (Å²) in [5.41, 5.74) is 13.7. The summed E-state index contributed by atoms with van der Waals surface area (Å²) in [4.78, 5) is 17.3. The second kappa shape index (κ2) is 17.3. The van der Waals surface area contributed by atoms with Crippen LogP contribution in [0.15, 0.2) is 89.3 Å². The molecule has 3 aromatic rings. The van der Waals surface area contributed by atoms with E-state index in [-0.39, 0.29) is 53.8 Å². The highest BCUT2D eigenvalue weighted by Gasteiger charge is 2.35. The molecular formula is C47H52N3O6-. The zero-order valence-corrected chi connectivity index (χ0v) is 32.2. The molecule has 4 aliphatic rings. The monoisotopic (exact) mass is 754 g/mol. The van der Waals surface area contributed by atoms with Crippen LogP contribution in [-0.4, -0.2) is 46.1 Å². The Bertz CT molecular complexity index is 2160. The number of aromatic hydroxyl groups is 2. The fourth-order valence-corrected chi connectivity index (χ4v) is 8.61. The first kappa shape index (κ1) is 39.1. The number of unbranched alkanes of at least 4 members (excludes halogenated alkanes) is 1. The Morgan fingerprint density at radius 1 is 1.09 bits per heavy atom. The number of fused-ring (bicyclic) bond motifs is 3. The van der Waals surface area contributed by atoms with E-state index in [1.807, 2.05) is 24.3 Å². The molecule has 1 saturated carbocycles. The summed E-state index contributed by atoms with van der Waals surface area (Å²) in [7, 11) is 0. The van der Waals surface area contributed by atoms with Crippen molar-refractivity contribution in [2.24, 2.45) is 16.1 Å². The number of nitrogens with one attached hydrogen (secondary N) is 1. The number of phenols is 2. The minimum atomic E-state index is -0.477. The molecule has 0 saturated heterocycles. The van der Waals surface area contributed by atoms with Gasteiger partial charge in [0.2, 0.25) is 0 Å². The van der Waals surface area contributed by atoms with Crippen molar-refractivity contribution in [1.82, 2.24) is 5.32 Å². The van der Waals surface area contributed by atoms with Crippen molar-refractivity contribution in [3.63, 3.8) is 0 Å². The summed E-state index contributed by atoms with van der Waals surface area (Å²) in [5, 5.41) is 49.3. The van der Waals surface area contributed by atoms with E-state index in [0.717, 1.165) is 78.5 Å². The van der Waals surface area contributed by atoms with Crippen molar-refractivity contribution >= 4 is 11.5 Å². The normalized spacial score (nSPS) is 22.9. The highest BCUT2D eigenvalue weighted by molar-refractivity contribution is 6.06. The Labute approximate surface area is 329 Å². The molecular weight excluding hydrogens is 703 g/mol. The Morgan fingerprint density at radius 2 is 1.91 bits per heavy atom. The van der Waals surface area contributed by atoms with Crippen LogP contribution in [-0.2, 0) is 24.1 Å². The molecule has 6 N–H and O–H groups in total. The van der Waals surface area contributed by atoms with Gasteiger partial charge in [0.15, 0.2) is 17.3 Å². The average Bonchev–Trinajstić information content (AvgIpc) is 3.82. The maximum atomic E-state index is 13.9. The number of aryl methyl sites for hydroxylation is 1. The molecule has 2 aliphatic carbocycles. The third kappa shape index (κ3) is 8.94.